The highest BCUT2D eigenvalue weighted by Crippen LogP contribution is 2.37. The van der Waals surface area contributed by atoms with E-state index >= 15 is 4.39 Å². The number of hydrogen-bond donors (Lipinski definition) is 3. The van der Waals surface area contributed by atoms with E-state index in [1.54, 1.807) is 12.3 Å². The Hall–Kier alpha value is -3.52. The molecule has 0 aliphatic carbocycles. The van der Waals surface area contributed by atoms with Gasteiger partial charge in [0.2, 0.25) is 0 Å². The maximum absolute atomic E-state index is 16.0. The van der Waals surface area contributed by atoms with Crippen molar-refractivity contribution in [3.05, 3.63) is 58.4 Å². The lowest BCUT2D eigenvalue weighted by atomic mass is 9.95. The van der Waals surface area contributed by atoms with Crippen molar-refractivity contribution in [2.45, 2.75) is 38.3 Å². The number of phenolic OH excluding ortho intramolecular Hbond substituents is 1. The summed E-state index contributed by atoms with van der Waals surface area (Å²) >= 11 is 0. The largest absolute Gasteiger partial charge is 0.508 e. The predicted molar refractivity (Wildman–Crippen MR) is 126 cm³/mol. The van der Waals surface area contributed by atoms with E-state index in [-0.39, 0.29) is 17.0 Å². The Labute approximate surface area is 189 Å². The number of nitrogens with zero attached hydrogens (tertiary/aromatic N) is 3. The van der Waals surface area contributed by atoms with Gasteiger partial charge in [-0.2, -0.15) is 4.98 Å². The highest BCUT2D eigenvalue weighted by molar-refractivity contribution is 6.01. The summed E-state index contributed by atoms with van der Waals surface area (Å²) in [5.74, 6) is -0.114. The molecular weight excluding hydrogens is 421 g/mol. The lowest BCUT2D eigenvalue weighted by Crippen LogP contribution is -2.51. The number of halogens is 1. The maximum Gasteiger partial charge on any atom is 0.347 e. The molecule has 33 heavy (non-hydrogen) atoms. The molecule has 2 aromatic heterocycles. The summed E-state index contributed by atoms with van der Waals surface area (Å²) in [5.41, 5.74) is 1.13. The first kappa shape index (κ1) is 20.1. The summed E-state index contributed by atoms with van der Waals surface area (Å²) in [6.07, 6.45) is 4.51. The van der Waals surface area contributed by atoms with Crippen molar-refractivity contribution >= 4 is 27.5 Å². The summed E-state index contributed by atoms with van der Waals surface area (Å²) in [5, 5.41) is 16.0. The van der Waals surface area contributed by atoms with Gasteiger partial charge in [0.1, 0.15) is 17.3 Å². The van der Waals surface area contributed by atoms with Crippen LogP contribution in [0.15, 0.2) is 41.3 Å². The number of aryl methyl sites for hydroxylation is 1. The van der Waals surface area contributed by atoms with Gasteiger partial charge >= 0.3 is 5.69 Å². The molecule has 0 radical (unpaired) electrons. The second-order valence-corrected chi connectivity index (χ2v) is 8.98. The molecule has 3 N–H and O–H groups in total. The summed E-state index contributed by atoms with van der Waals surface area (Å²) in [4.78, 5) is 25.8. The first-order valence-electron chi connectivity index (χ1n) is 11.4. The Morgan fingerprint density at radius 1 is 1.21 bits per heavy atom. The van der Waals surface area contributed by atoms with Crippen LogP contribution in [0.5, 0.6) is 5.75 Å². The smallest absolute Gasteiger partial charge is 0.347 e. The van der Waals surface area contributed by atoms with E-state index in [2.05, 4.69) is 25.2 Å². The van der Waals surface area contributed by atoms with Crippen LogP contribution in [-0.2, 0) is 6.42 Å². The van der Waals surface area contributed by atoms with Crippen molar-refractivity contribution in [1.82, 2.24) is 20.3 Å². The molecule has 4 heterocycles. The monoisotopic (exact) mass is 445 g/mol. The van der Waals surface area contributed by atoms with E-state index in [9.17, 15) is 9.90 Å². The van der Waals surface area contributed by atoms with Crippen molar-refractivity contribution in [2.75, 3.05) is 18.0 Å². The predicted octanol–water partition coefficient (Wildman–Crippen LogP) is 3.49. The van der Waals surface area contributed by atoms with Crippen LogP contribution in [0.4, 0.5) is 10.2 Å². The highest BCUT2D eigenvalue weighted by Gasteiger charge is 2.34. The van der Waals surface area contributed by atoms with Crippen molar-refractivity contribution in [3.8, 4) is 17.0 Å². The number of pyridine rings is 1. The number of H-pyrrole nitrogens is 1. The van der Waals surface area contributed by atoms with Gasteiger partial charge in [-0.25, -0.2) is 9.18 Å². The average Bonchev–Trinajstić information content (AvgIpc) is 3.15. The van der Waals surface area contributed by atoms with Gasteiger partial charge in [-0.15, -0.1) is 0 Å². The number of benzene rings is 2. The van der Waals surface area contributed by atoms with E-state index in [1.165, 1.54) is 6.07 Å². The summed E-state index contributed by atoms with van der Waals surface area (Å²) in [6, 6.07) is 9.70. The Kier molecular flexibility index (Phi) is 4.58. The number of aromatic hydroxyl groups is 1. The molecule has 2 atom stereocenters. The number of rotatable bonds is 3. The fraction of sp³-hybridized carbons (Fsp3) is 0.320. The van der Waals surface area contributed by atoms with Gasteiger partial charge in [-0.1, -0.05) is 25.1 Å². The molecule has 0 amide bonds. The minimum Gasteiger partial charge on any atom is -0.508 e. The molecule has 8 heteroatoms. The minimum absolute atomic E-state index is 0.0345. The van der Waals surface area contributed by atoms with E-state index in [0.29, 0.717) is 28.9 Å². The molecule has 168 valence electrons. The summed E-state index contributed by atoms with van der Waals surface area (Å²) < 4.78 is 16.0. The number of aromatic nitrogens is 3. The van der Waals surface area contributed by atoms with Gasteiger partial charge < -0.3 is 20.3 Å². The molecule has 2 aromatic carbocycles. The highest BCUT2D eigenvalue weighted by atomic mass is 19.1. The van der Waals surface area contributed by atoms with Crippen LogP contribution in [0.3, 0.4) is 0 Å². The van der Waals surface area contributed by atoms with E-state index < -0.39 is 11.5 Å². The molecule has 4 aromatic rings. The Balaban J connectivity index is 1.57. The first-order valence-corrected chi connectivity index (χ1v) is 11.4. The van der Waals surface area contributed by atoms with Crippen molar-refractivity contribution in [1.29, 1.82) is 0 Å². The molecule has 2 aliphatic rings. The molecule has 0 saturated carbocycles. The summed E-state index contributed by atoms with van der Waals surface area (Å²) in [6.45, 7) is 3.48. The zero-order valence-corrected chi connectivity index (χ0v) is 18.2. The third kappa shape index (κ3) is 3.24. The normalized spacial score (nSPS) is 20.1. The van der Waals surface area contributed by atoms with Crippen LogP contribution in [0.25, 0.3) is 32.9 Å². The van der Waals surface area contributed by atoms with Gasteiger partial charge in [-0.05, 0) is 47.7 Å². The van der Waals surface area contributed by atoms with E-state index in [1.807, 2.05) is 25.1 Å². The van der Waals surface area contributed by atoms with Gasteiger partial charge in [0.25, 0.3) is 0 Å². The number of aromatic amines is 1. The molecule has 2 saturated heterocycles. The second-order valence-electron chi connectivity index (χ2n) is 8.98. The number of phenols is 1. The molecule has 0 spiro atoms. The van der Waals surface area contributed by atoms with E-state index in [4.69, 9.17) is 0 Å². The molecule has 6 rings (SSSR count). The molecule has 2 bridgehead atoms. The zero-order chi connectivity index (χ0) is 22.7. The number of hydrogen-bond acceptors (Lipinski definition) is 6. The Bertz CT molecular complexity index is 1460. The molecule has 2 aliphatic heterocycles. The first-order chi connectivity index (χ1) is 16.0. The van der Waals surface area contributed by atoms with Crippen LogP contribution < -0.4 is 15.9 Å². The van der Waals surface area contributed by atoms with Crippen LogP contribution in [0.1, 0.15) is 25.3 Å². The standard InChI is InChI=1S/C25H24FN5O2/c1-2-13-4-3-5-14-8-17(32)9-18(20(13)14)22-21(26)23-19(10-27-22)24(30-25(33)29-23)31-11-15-6-7-16(12-31)28-15/h3-5,8-10,15-16,28,32H,2,6-7,11-12H2,1H3,(H,29,30,33). The van der Waals surface area contributed by atoms with Crippen LogP contribution in [0.2, 0.25) is 0 Å². The average molecular weight is 445 g/mol. The van der Waals surface area contributed by atoms with Gasteiger partial charge in [-0.3, -0.25) is 4.98 Å². The molecular formula is C25H24FN5O2. The van der Waals surface area contributed by atoms with Crippen molar-refractivity contribution in [2.24, 2.45) is 0 Å². The summed E-state index contributed by atoms with van der Waals surface area (Å²) in [7, 11) is 0. The molecule has 2 unspecified atom stereocenters. The molecule has 7 nitrogen and oxygen atoms in total. The van der Waals surface area contributed by atoms with Gasteiger partial charge in [0, 0.05) is 36.9 Å². The number of piperazine rings is 1. The maximum atomic E-state index is 16.0. The minimum atomic E-state index is -0.621. The third-order valence-electron chi connectivity index (χ3n) is 6.90. The SMILES string of the molecule is CCc1cccc2cc(O)cc(-c3ncc4c(N5CC6CCC(C5)N6)nc(=O)[nH]c4c3F)c12. The fourth-order valence-corrected chi connectivity index (χ4v) is 5.44. The van der Waals surface area contributed by atoms with Gasteiger partial charge in [0.05, 0.1) is 10.9 Å². The van der Waals surface area contributed by atoms with E-state index in [0.717, 1.165) is 48.7 Å². The Morgan fingerprint density at radius 2 is 2.00 bits per heavy atom. The van der Waals surface area contributed by atoms with Crippen LogP contribution in [-0.4, -0.2) is 45.2 Å². The fourth-order valence-electron chi connectivity index (χ4n) is 5.44. The Morgan fingerprint density at radius 3 is 2.76 bits per heavy atom. The second kappa shape index (κ2) is 7.52. The van der Waals surface area contributed by atoms with Crippen LogP contribution in [0, 0.1) is 5.82 Å². The number of fused-ring (bicyclic) bond motifs is 4. The lowest BCUT2D eigenvalue weighted by molar-refractivity contribution is 0.464. The van der Waals surface area contributed by atoms with Crippen molar-refractivity contribution < 1.29 is 9.50 Å². The topological polar surface area (TPSA) is 94.1 Å². The lowest BCUT2D eigenvalue weighted by Gasteiger charge is -2.34. The zero-order valence-electron chi connectivity index (χ0n) is 18.2. The third-order valence-corrected chi connectivity index (χ3v) is 6.90. The van der Waals surface area contributed by atoms with Crippen LogP contribution >= 0.6 is 0 Å². The quantitative estimate of drug-likeness (QED) is 0.447. The van der Waals surface area contributed by atoms with Crippen molar-refractivity contribution in [3.63, 3.8) is 0 Å². The number of anilines is 1. The van der Waals surface area contributed by atoms with Gasteiger partial charge in [0.15, 0.2) is 5.82 Å². The molecule has 2 fully saturated rings. The number of nitrogens with one attached hydrogen (secondary N) is 2.